The van der Waals surface area contributed by atoms with Gasteiger partial charge in [-0.05, 0) is 30.9 Å². The minimum Gasteiger partial charge on any atom is -0.379 e. The molecule has 2 N–H and O–H groups in total. The maximum atomic E-state index is 14.2. The van der Waals surface area contributed by atoms with Crippen LogP contribution >= 0.6 is 0 Å². The Kier molecular flexibility index (Phi) is 4.42. The predicted molar refractivity (Wildman–Crippen MR) is 75.8 cm³/mol. The Hall–Kier alpha value is -1.13. The molecule has 1 aliphatic rings. The van der Waals surface area contributed by atoms with Gasteiger partial charge in [-0.2, -0.15) is 0 Å². The van der Waals surface area contributed by atoms with Gasteiger partial charge in [-0.15, -0.1) is 0 Å². The fraction of sp³-hybridized carbons (Fsp3) is 0.600. The monoisotopic (exact) mass is 266 g/mol. The van der Waals surface area contributed by atoms with Gasteiger partial charge in [0.15, 0.2) is 0 Å². The van der Waals surface area contributed by atoms with Gasteiger partial charge < -0.3 is 15.4 Å². The Morgan fingerprint density at radius 3 is 2.84 bits per heavy atom. The molecule has 3 nitrogen and oxygen atoms in total. The largest absolute Gasteiger partial charge is 0.379 e. The van der Waals surface area contributed by atoms with Crippen molar-refractivity contribution in [1.82, 2.24) is 0 Å². The molecule has 1 aromatic carbocycles. The zero-order valence-corrected chi connectivity index (χ0v) is 11.9. The molecule has 1 heterocycles. The van der Waals surface area contributed by atoms with Crippen molar-refractivity contribution < 1.29 is 9.13 Å². The van der Waals surface area contributed by atoms with Gasteiger partial charge in [0.2, 0.25) is 0 Å². The quantitative estimate of drug-likeness (QED) is 0.914. The second kappa shape index (κ2) is 5.88. The van der Waals surface area contributed by atoms with Crippen LogP contribution in [0.2, 0.25) is 0 Å². The molecule has 0 amide bonds. The normalized spacial score (nSPS) is 25.4. The molecular weight excluding hydrogens is 243 g/mol. The molecule has 0 saturated carbocycles. The van der Waals surface area contributed by atoms with Gasteiger partial charge >= 0.3 is 0 Å². The summed E-state index contributed by atoms with van der Waals surface area (Å²) in [5.74, 6) is 0.311. The number of hydrogen-bond donors (Lipinski definition) is 1. The van der Waals surface area contributed by atoms with Crippen LogP contribution in [0, 0.1) is 11.7 Å². The molecule has 1 fully saturated rings. The van der Waals surface area contributed by atoms with Gasteiger partial charge in [0.25, 0.3) is 0 Å². The SMILES string of the molecule is COC1CN(c2c(F)cccc2C(C)N)CCC1C. The van der Waals surface area contributed by atoms with E-state index in [0.717, 1.165) is 25.1 Å². The Balaban J connectivity index is 2.31. The molecule has 3 atom stereocenters. The first-order chi connectivity index (χ1) is 9.04. The first-order valence-electron chi connectivity index (χ1n) is 6.86. The lowest BCUT2D eigenvalue weighted by molar-refractivity contribution is 0.0496. The lowest BCUT2D eigenvalue weighted by Crippen LogP contribution is -2.44. The van der Waals surface area contributed by atoms with E-state index >= 15 is 0 Å². The van der Waals surface area contributed by atoms with E-state index in [1.165, 1.54) is 6.07 Å². The highest BCUT2D eigenvalue weighted by molar-refractivity contribution is 5.56. The number of nitrogens with two attached hydrogens (primary N) is 1. The van der Waals surface area contributed by atoms with Gasteiger partial charge in [-0.3, -0.25) is 0 Å². The van der Waals surface area contributed by atoms with E-state index in [9.17, 15) is 4.39 Å². The van der Waals surface area contributed by atoms with Crippen molar-refractivity contribution in [2.24, 2.45) is 11.7 Å². The topological polar surface area (TPSA) is 38.5 Å². The number of hydrogen-bond acceptors (Lipinski definition) is 3. The average Bonchev–Trinajstić information content (AvgIpc) is 2.39. The fourth-order valence-corrected chi connectivity index (χ4v) is 2.78. The van der Waals surface area contributed by atoms with Crippen LogP contribution in [-0.2, 0) is 4.74 Å². The fourth-order valence-electron chi connectivity index (χ4n) is 2.78. The van der Waals surface area contributed by atoms with Gasteiger partial charge in [0, 0.05) is 26.2 Å². The Morgan fingerprint density at radius 2 is 2.21 bits per heavy atom. The highest BCUT2D eigenvalue weighted by Crippen LogP contribution is 2.32. The number of para-hydroxylation sites is 1. The van der Waals surface area contributed by atoms with E-state index in [1.807, 2.05) is 13.0 Å². The number of benzene rings is 1. The second-order valence-corrected chi connectivity index (χ2v) is 5.45. The van der Waals surface area contributed by atoms with Crippen molar-refractivity contribution in [3.05, 3.63) is 29.6 Å². The van der Waals surface area contributed by atoms with Crippen LogP contribution in [0.4, 0.5) is 10.1 Å². The molecule has 0 aromatic heterocycles. The van der Waals surface area contributed by atoms with Crippen LogP contribution in [0.1, 0.15) is 31.9 Å². The smallest absolute Gasteiger partial charge is 0.146 e. The van der Waals surface area contributed by atoms with Crippen LogP contribution in [0.5, 0.6) is 0 Å². The van der Waals surface area contributed by atoms with E-state index in [-0.39, 0.29) is 18.0 Å². The highest BCUT2D eigenvalue weighted by atomic mass is 19.1. The lowest BCUT2D eigenvalue weighted by Gasteiger charge is -2.38. The van der Waals surface area contributed by atoms with E-state index < -0.39 is 0 Å². The molecule has 0 spiro atoms. The standard InChI is InChI=1S/C15H23FN2O/c1-10-7-8-18(9-14(10)19-3)15-12(11(2)17)5-4-6-13(15)16/h4-6,10-11,14H,7-9,17H2,1-3H3. The molecular formula is C15H23FN2O. The number of methoxy groups -OCH3 is 1. The molecule has 2 rings (SSSR count). The summed E-state index contributed by atoms with van der Waals surface area (Å²) >= 11 is 0. The number of ether oxygens (including phenoxy) is 1. The van der Waals surface area contributed by atoms with E-state index in [2.05, 4.69) is 11.8 Å². The third-order valence-corrected chi connectivity index (χ3v) is 4.02. The number of halogens is 1. The van der Waals surface area contributed by atoms with E-state index in [0.29, 0.717) is 11.6 Å². The summed E-state index contributed by atoms with van der Waals surface area (Å²) in [6, 6.07) is 4.95. The molecule has 1 aliphatic heterocycles. The number of rotatable bonds is 3. The molecule has 0 aliphatic carbocycles. The zero-order chi connectivity index (χ0) is 14.0. The third kappa shape index (κ3) is 2.90. The molecule has 106 valence electrons. The summed E-state index contributed by atoms with van der Waals surface area (Å²) in [5, 5.41) is 0. The van der Waals surface area contributed by atoms with Crippen molar-refractivity contribution >= 4 is 5.69 Å². The Bertz CT molecular complexity index is 436. The molecule has 1 aromatic rings. The maximum Gasteiger partial charge on any atom is 0.146 e. The first kappa shape index (κ1) is 14.3. The summed E-state index contributed by atoms with van der Waals surface area (Å²) in [6.07, 6.45) is 1.15. The number of anilines is 1. The van der Waals surface area contributed by atoms with Crippen LogP contribution in [0.25, 0.3) is 0 Å². The van der Waals surface area contributed by atoms with Gasteiger partial charge in [0.05, 0.1) is 11.8 Å². The van der Waals surface area contributed by atoms with Crippen molar-refractivity contribution in [3.8, 4) is 0 Å². The average molecular weight is 266 g/mol. The van der Waals surface area contributed by atoms with Crippen LogP contribution in [0.3, 0.4) is 0 Å². The maximum absolute atomic E-state index is 14.2. The van der Waals surface area contributed by atoms with Crippen molar-refractivity contribution in [2.75, 3.05) is 25.1 Å². The Morgan fingerprint density at radius 1 is 1.47 bits per heavy atom. The number of piperidine rings is 1. The van der Waals surface area contributed by atoms with Crippen LogP contribution < -0.4 is 10.6 Å². The van der Waals surface area contributed by atoms with Crippen LogP contribution in [-0.4, -0.2) is 26.3 Å². The summed E-state index contributed by atoms with van der Waals surface area (Å²) in [7, 11) is 1.72. The minimum atomic E-state index is -0.195. The molecule has 1 saturated heterocycles. The van der Waals surface area contributed by atoms with Gasteiger partial charge in [-0.25, -0.2) is 4.39 Å². The summed E-state index contributed by atoms with van der Waals surface area (Å²) in [4.78, 5) is 2.07. The van der Waals surface area contributed by atoms with E-state index in [1.54, 1.807) is 13.2 Å². The highest BCUT2D eigenvalue weighted by Gasteiger charge is 2.29. The molecule has 4 heteroatoms. The molecule has 0 radical (unpaired) electrons. The second-order valence-electron chi connectivity index (χ2n) is 5.45. The first-order valence-corrected chi connectivity index (χ1v) is 6.86. The minimum absolute atomic E-state index is 0.147. The summed E-state index contributed by atoms with van der Waals surface area (Å²) in [6.45, 7) is 5.64. The molecule has 3 unspecified atom stereocenters. The van der Waals surface area contributed by atoms with Crippen molar-refractivity contribution in [3.63, 3.8) is 0 Å². The van der Waals surface area contributed by atoms with Crippen molar-refractivity contribution in [1.29, 1.82) is 0 Å². The number of nitrogens with zero attached hydrogens (tertiary/aromatic N) is 1. The third-order valence-electron chi connectivity index (χ3n) is 4.02. The molecule has 19 heavy (non-hydrogen) atoms. The van der Waals surface area contributed by atoms with E-state index in [4.69, 9.17) is 10.5 Å². The van der Waals surface area contributed by atoms with Crippen LogP contribution in [0.15, 0.2) is 18.2 Å². The Labute approximate surface area is 114 Å². The zero-order valence-electron chi connectivity index (χ0n) is 11.9. The lowest BCUT2D eigenvalue weighted by atomic mass is 9.94. The predicted octanol–water partition coefficient (Wildman–Crippen LogP) is 2.71. The summed E-state index contributed by atoms with van der Waals surface area (Å²) < 4.78 is 19.7. The molecule has 0 bridgehead atoms. The van der Waals surface area contributed by atoms with Gasteiger partial charge in [-0.1, -0.05) is 19.1 Å². The van der Waals surface area contributed by atoms with Crippen molar-refractivity contribution in [2.45, 2.75) is 32.4 Å². The van der Waals surface area contributed by atoms with Gasteiger partial charge in [0.1, 0.15) is 5.82 Å². The summed E-state index contributed by atoms with van der Waals surface area (Å²) in [5.41, 5.74) is 7.47.